The standard InChI is InChI=1S/C22H36N4O2.HI/c1-5-17(3)28-20-14-16(2)10-11-19(20)15-26-22(23-4)25-13-7-12-24-21(27)18-8-6-9-18;/h10-11,14,17-18H,5-9,12-13,15H2,1-4H3,(H,24,27)(H2,23,25,26);1H. The Morgan fingerprint density at radius 1 is 1.24 bits per heavy atom. The third-order valence-corrected chi connectivity index (χ3v) is 5.22. The molecule has 0 heterocycles. The lowest BCUT2D eigenvalue weighted by Gasteiger charge is -2.24. The van der Waals surface area contributed by atoms with Crippen LogP contribution in [-0.4, -0.2) is 38.1 Å². The first-order valence-electron chi connectivity index (χ1n) is 10.5. The van der Waals surface area contributed by atoms with Gasteiger partial charge in [-0.15, -0.1) is 24.0 Å². The van der Waals surface area contributed by atoms with Gasteiger partial charge in [0.05, 0.1) is 6.10 Å². The highest BCUT2D eigenvalue weighted by Crippen LogP contribution is 2.26. The highest BCUT2D eigenvalue weighted by molar-refractivity contribution is 14.0. The topological polar surface area (TPSA) is 74.8 Å². The van der Waals surface area contributed by atoms with Crippen molar-refractivity contribution in [3.05, 3.63) is 29.3 Å². The number of ether oxygens (including phenoxy) is 1. The van der Waals surface area contributed by atoms with Crippen LogP contribution < -0.4 is 20.7 Å². The fraction of sp³-hybridized carbons (Fsp3) is 0.636. The van der Waals surface area contributed by atoms with Gasteiger partial charge in [-0.05, 0) is 51.2 Å². The molecule has 1 atom stereocenters. The molecule has 0 bridgehead atoms. The van der Waals surface area contributed by atoms with Gasteiger partial charge in [-0.2, -0.15) is 0 Å². The number of nitrogens with one attached hydrogen (secondary N) is 3. The van der Waals surface area contributed by atoms with Crippen molar-refractivity contribution in [1.29, 1.82) is 0 Å². The van der Waals surface area contributed by atoms with Gasteiger partial charge in [0.2, 0.25) is 5.91 Å². The molecular formula is C22H37IN4O2. The van der Waals surface area contributed by atoms with Crippen molar-refractivity contribution in [2.45, 2.75) is 65.5 Å². The number of guanidine groups is 1. The minimum atomic E-state index is 0. The Kier molecular flexibility index (Phi) is 12.0. The van der Waals surface area contributed by atoms with E-state index >= 15 is 0 Å². The van der Waals surface area contributed by atoms with E-state index in [1.54, 1.807) is 7.05 Å². The van der Waals surface area contributed by atoms with Crippen LogP contribution in [0.4, 0.5) is 0 Å². The van der Waals surface area contributed by atoms with Crippen molar-refractivity contribution in [2.75, 3.05) is 20.1 Å². The Morgan fingerprint density at radius 3 is 2.59 bits per heavy atom. The average molecular weight is 516 g/mol. The smallest absolute Gasteiger partial charge is 0.223 e. The molecule has 1 unspecified atom stereocenters. The second-order valence-corrected chi connectivity index (χ2v) is 7.57. The first-order chi connectivity index (χ1) is 13.5. The molecule has 1 aliphatic rings. The Hall–Kier alpha value is -1.51. The Bertz CT molecular complexity index is 662. The second kappa shape index (κ2) is 13.7. The first-order valence-corrected chi connectivity index (χ1v) is 10.5. The summed E-state index contributed by atoms with van der Waals surface area (Å²) in [5.41, 5.74) is 2.30. The number of carbonyl (C=O) groups is 1. The van der Waals surface area contributed by atoms with Crippen LogP contribution in [0.5, 0.6) is 5.75 Å². The van der Waals surface area contributed by atoms with Gasteiger partial charge in [0.15, 0.2) is 5.96 Å². The molecule has 1 saturated carbocycles. The summed E-state index contributed by atoms with van der Waals surface area (Å²) in [4.78, 5) is 16.1. The molecule has 7 heteroatoms. The fourth-order valence-electron chi connectivity index (χ4n) is 2.94. The van der Waals surface area contributed by atoms with E-state index in [-0.39, 0.29) is 41.9 Å². The van der Waals surface area contributed by atoms with Crippen LogP contribution in [0.1, 0.15) is 57.1 Å². The van der Waals surface area contributed by atoms with E-state index in [0.29, 0.717) is 13.1 Å². The average Bonchev–Trinajstić information content (AvgIpc) is 2.63. The van der Waals surface area contributed by atoms with Crippen LogP contribution in [0, 0.1) is 12.8 Å². The van der Waals surface area contributed by atoms with Crippen LogP contribution in [0.25, 0.3) is 0 Å². The lowest BCUT2D eigenvalue weighted by Crippen LogP contribution is -2.39. The number of rotatable bonds is 10. The maximum atomic E-state index is 11.8. The second-order valence-electron chi connectivity index (χ2n) is 7.57. The van der Waals surface area contributed by atoms with E-state index in [2.05, 4.69) is 59.9 Å². The zero-order valence-corrected chi connectivity index (χ0v) is 20.5. The number of carbonyl (C=O) groups excluding carboxylic acids is 1. The summed E-state index contributed by atoms with van der Waals surface area (Å²) in [5.74, 6) is 2.14. The molecule has 3 N–H and O–H groups in total. The molecule has 0 radical (unpaired) electrons. The fourth-order valence-corrected chi connectivity index (χ4v) is 2.94. The molecule has 1 fully saturated rings. The number of hydrogen-bond acceptors (Lipinski definition) is 3. The predicted octanol–water partition coefficient (Wildman–Crippen LogP) is 3.76. The van der Waals surface area contributed by atoms with Gasteiger partial charge in [0.1, 0.15) is 5.75 Å². The van der Waals surface area contributed by atoms with Crippen LogP contribution in [0.3, 0.4) is 0 Å². The van der Waals surface area contributed by atoms with E-state index in [0.717, 1.165) is 49.5 Å². The molecule has 2 rings (SSSR count). The third kappa shape index (κ3) is 8.80. The molecule has 1 aromatic carbocycles. The number of benzene rings is 1. The van der Waals surface area contributed by atoms with Gasteiger partial charge in [-0.3, -0.25) is 9.79 Å². The zero-order chi connectivity index (χ0) is 20.4. The highest BCUT2D eigenvalue weighted by atomic mass is 127. The number of halogens is 1. The minimum Gasteiger partial charge on any atom is -0.490 e. The van der Waals surface area contributed by atoms with Crippen molar-refractivity contribution >= 4 is 35.8 Å². The van der Waals surface area contributed by atoms with Gasteiger partial charge in [-0.1, -0.05) is 25.5 Å². The van der Waals surface area contributed by atoms with Crippen LogP contribution in [-0.2, 0) is 11.3 Å². The summed E-state index contributed by atoms with van der Waals surface area (Å²) in [6.07, 6.45) is 5.30. The van der Waals surface area contributed by atoms with Gasteiger partial charge < -0.3 is 20.7 Å². The van der Waals surface area contributed by atoms with Crippen molar-refractivity contribution in [3.8, 4) is 5.75 Å². The number of hydrogen-bond donors (Lipinski definition) is 3. The van der Waals surface area contributed by atoms with Gasteiger partial charge in [0.25, 0.3) is 0 Å². The number of nitrogens with zero attached hydrogens (tertiary/aromatic N) is 1. The number of aryl methyl sites for hydroxylation is 1. The maximum Gasteiger partial charge on any atom is 0.223 e. The van der Waals surface area contributed by atoms with Crippen LogP contribution in [0.15, 0.2) is 23.2 Å². The summed E-state index contributed by atoms with van der Waals surface area (Å²) in [6.45, 7) is 8.39. The Labute approximate surface area is 192 Å². The number of amides is 1. The molecule has 1 aliphatic carbocycles. The summed E-state index contributed by atoms with van der Waals surface area (Å²) >= 11 is 0. The van der Waals surface area contributed by atoms with E-state index in [9.17, 15) is 4.79 Å². The molecule has 6 nitrogen and oxygen atoms in total. The highest BCUT2D eigenvalue weighted by Gasteiger charge is 2.24. The summed E-state index contributed by atoms with van der Waals surface area (Å²) in [6, 6.07) is 6.29. The molecular weight excluding hydrogens is 479 g/mol. The van der Waals surface area contributed by atoms with Crippen LogP contribution in [0.2, 0.25) is 0 Å². The SMILES string of the molecule is CCC(C)Oc1cc(C)ccc1CNC(=NC)NCCCNC(=O)C1CCC1.I. The lowest BCUT2D eigenvalue weighted by atomic mass is 9.85. The Balaban J connectivity index is 0.00000420. The number of aliphatic imine (C=N–C) groups is 1. The van der Waals surface area contributed by atoms with E-state index in [4.69, 9.17) is 4.74 Å². The molecule has 29 heavy (non-hydrogen) atoms. The van der Waals surface area contributed by atoms with Gasteiger partial charge >= 0.3 is 0 Å². The molecule has 0 saturated heterocycles. The quantitative estimate of drug-likeness (QED) is 0.192. The van der Waals surface area contributed by atoms with E-state index in [1.165, 1.54) is 12.0 Å². The largest absolute Gasteiger partial charge is 0.490 e. The molecule has 0 aromatic heterocycles. The predicted molar refractivity (Wildman–Crippen MR) is 130 cm³/mol. The zero-order valence-electron chi connectivity index (χ0n) is 18.2. The minimum absolute atomic E-state index is 0. The van der Waals surface area contributed by atoms with Crippen LogP contribution >= 0.6 is 24.0 Å². The monoisotopic (exact) mass is 516 g/mol. The summed E-state index contributed by atoms with van der Waals surface area (Å²) in [5, 5.41) is 9.66. The molecule has 0 spiro atoms. The molecule has 1 aromatic rings. The van der Waals surface area contributed by atoms with Gasteiger partial charge in [-0.25, -0.2) is 0 Å². The first kappa shape index (κ1) is 25.5. The summed E-state index contributed by atoms with van der Waals surface area (Å²) < 4.78 is 6.07. The Morgan fingerprint density at radius 2 is 1.97 bits per heavy atom. The lowest BCUT2D eigenvalue weighted by molar-refractivity contribution is -0.127. The van der Waals surface area contributed by atoms with Gasteiger partial charge in [0, 0.05) is 38.2 Å². The molecule has 164 valence electrons. The molecule has 1 amide bonds. The van der Waals surface area contributed by atoms with Crippen molar-refractivity contribution in [3.63, 3.8) is 0 Å². The third-order valence-electron chi connectivity index (χ3n) is 5.22. The van der Waals surface area contributed by atoms with E-state index in [1.807, 2.05) is 0 Å². The van der Waals surface area contributed by atoms with Crippen molar-refractivity contribution in [1.82, 2.24) is 16.0 Å². The van der Waals surface area contributed by atoms with E-state index < -0.39 is 0 Å². The normalized spacial score (nSPS) is 15.0. The van der Waals surface area contributed by atoms with Crippen molar-refractivity contribution < 1.29 is 9.53 Å². The van der Waals surface area contributed by atoms with Crippen molar-refractivity contribution in [2.24, 2.45) is 10.9 Å². The summed E-state index contributed by atoms with van der Waals surface area (Å²) in [7, 11) is 1.76. The molecule has 0 aliphatic heterocycles. The maximum absolute atomic E-state index is 11.8.